The van der Waals surface area contributed by atoms with Crippen LogP contribution >= 0.6 is 31.9 Å². The molecule has 0 heterocycles. The van der Waals surface area contributed by atoms with E-state index >= 15 is 0 Å². The van der Waals surface area contributed by atoms with Crippen molar-refractivity contribution in [2.24, 2.45) is 0 Å². The summed E-state index contributed by atoms with van der Waals surface area (Å²) < 4.78 is 30.6. The Labute approximate surface area is 110 Å². The molecule has 0 atom stereocenters. The van der Waals surface area contributed by atoms with E-state index in [2.05, 4.69) is 31.9 Å². The topological polar surface area (TPSA) is 101 Å². The largest absolute Gasteiger partial charge is 0.506 e. The van der Waals surface area contributed by atoms with Crippen molar-refractivity contribution >= 4 is 47.7 Å². The molecule has 0 unspecified atom stereocenters. The van der Waals surface area contributed by atoms with Crippen LogP contribution in [0.4, 0.5) is 5.69 Å². The van der Waals surface area contributed by atoms with Crippen molar-refractivity contribution in [2.75, 3.05) is 11.5 Å². The number of benzene rings is 1. The van der Waals surface area contributed by atoms with Crippen molar-refractivity contribution in [3.8, 4) is 5.75 Å². The van der Waals surface area contributed by atoms with Crippen LogP contribution in [0.25, 0.3) is 0 Å². The molecule has 0 amide bonds. The number of nitrogens with two attached hydrogens (primary N) is 1. The first-order valence-corrected chi connectivity index (χ1v) is 7.32. The number of anilines is 1. The Morgan fingerprint density at radius 2 is 1.94 bits per heavy atom. The molecule has 0 aliphatic carbocycles. The lowest BCUT2D eigenvalue weighted by Crippen LogP contribution is -2.08. The smallest absolute Gasteiger partial charge is 0.265 e. The Kier molecular flexibility index (Phi) is 4.22. The van der Waals surface area contributed by atoms with Crippen molar-refractivity contribution in [1.82, 2.24) is 0 Å². The fraction of sp³-hybridized carbons (Fsp3) is 0.250. The molecule has 0 aromatic heterocycles. The number of phenols is 1. The predicted molar refractivity (Wildman–Crippen MR) is 68.0 cm³/mol. The van der Waals surface area contributed by atoms with Crippen LogP contribution in [0.5, 0.6) is 5.75 Å². The molecule has 1 rings (SSSR count). The molecule has 0 fully saturated rings. The van der Waals surface area contributed by atoms with E-state index in [1.165, 1.54) is 6.07 Å². The minimum absolute atomic E-state index is 0.0199. The van der Waals surface area contributed by atoms with Gasteiger partial charge in [0.15, 0.2) is 0 Å². The zero-order valence-corrected chi connectivity index (χ0v) is 11.9. The number of aromatic hydroxyl groups is 1. The van der Waals surface area contributed by atoms with E-state index in [1.807, 2.05) is 0 Å². The SMILES string of the molecule is Nc1cc(Br)c(O)c(Br)c1CCS(=O)(=O)O. The highest BCUT2D eigenvalue weighted by Crippen LogP contribution is 2.38. The van der Waals surface area contributed by atoms with Crippen LogP contribution < -0.4 is 5.73 Å². The Hall–Kier alpha value is -0.310. The lowest BCUT2D eigenvalue weighted by molar-refractivity contribution is 0.467. The van der Waals surface area contributed by atoms with E-state index < -0.39 is 15.9 Å². The molecular formula is C8H9Br2NO4S. The minimum atomic E-state index is -4.05. The quantitative estimate of drug-likeness (QED) is 0.426. The summed E-state index contributed by atoms with van der Waals surface area (Å²) >= 11 is 6.21. The fourth-order valence-corrected chi connectivity index (χ4v) is 2.97. The van der Waals surface area contributed by atoms with Crippen molar-refractivity contribution in [3.05, 3.63) is 20.6 Å². The normalized spacial score (nSPS) is 11.7. The number of rotatable bonds is 3. The summed E-state index contributed by atoms with van der Waals surface area (Å²) in [6.07, 6.45) is 0.0199. The summed E-state index contributed by atoms with van der Waals surface area (Å²) in [5.41, 5.74) is 6.45. The third kappa shape index (κ3) is 3.34. The number of halogens is 2. The van der Waals surface area contributed by atoms with Crippen molar-refractivity contribution < 1.29 is 18.1 Å². The van der Waals surface area contributed by atoms with Gasteiger partial charge in [-0.3, -0.25) is 4.55 Å². The molecule has 0 bridgehead atoms. The van der Waals surface area contributed by atoms with Crippen molar-refractivity contribution in [3.63, 3.8) is 0 Å². The first-order chi connectivity index (χ1) is 7.22. The van der Waals surface area contributed by atoms with Gasteiger partial charge in [0.25, 0.3) is 10.1 Å². The minimum Gasteiger partial charge on any atom is -0.506 e. The predicted octanol–water partition coefficient (Wildman–Crippen LogP) is 1.93. The third-order valence-corrected chi connectivity index (χ3v) is 4.12. The van der Waals surface area contributed by atoms with Crippen LogP contribution in [-0.4, -0.2) is 23.8 Å². The molecule has 0 saturated heterocycles. The number of nitrogen functional groups attached to an aromatic ring is 1. The van der Waals surface area contributed by atoms with Gasteiger partial charge in [0.1, 0.15) is 5.75 Å². The van der Waals surface area contributed by atoms with Crippen LogP contribution in [0.1, 0.15) is 5.56 Å². The first kappa shape index (κ1) is 13.8. The Morgan fingerprint density at radius 3 is 2.44 bits per heavy atom. The summed E-state index contributed by atoms with van der Waals surface area (Å²) in [5, 5.41) is 9.58. The molecule has 0 aliphatic rings. The monoisotopic (exact) mass is 373 g/mol. The molecule has 16 heavy (non-hydrogen) atoms. The second-order valence-corrected chi connectivity index (χ2v) is 6.34. The maximum absolute atomic E-state index is 10.6. The highest BCUT2D eigenvalue weighted by molar-refractivity contribution is 9.11. The molecule has 90 valence electrons. The van der Waals surface area contributed by atoms with E-state index in [0.717, 1.165) is 0 Å². The zero-order chi connectivity index (χ0) is 12.5. The van der Waals surface area contributed by atoms with Gasteiger partial charge in [-0.2, -0.15) is 8.42 Å². The third-order valence-electron chi connectivity index (χ3n) is 1.94. The van der Waals surface area contributed by atoms with Crippen LogP contribution in [0.3, 0.4) is 0 Å². The second kappa shape index (κ2) is 4.91. The molecule has 0 spiro atoms. The summed E-state index contributed by atoms with van der Waals surface area (Å²) in [6.45, 7) is 0. The fourth-order valence-electron chi connectivity index (χ4n) is 1.15. The van der Waals surface area contributed by atoms with Gasteiger partial charge in [-0.15, -0.1) is 0 Å². The molecule has 0 saturated carbocycles. The van der Waals surface area contributed by atoms with E-state index in [0.29, 0.717) is 20.2 Å². The Balaban J connectivity index is 3.10. The lowest BCUT2D eigenvalue weighted by atomic mass is 10.1. The van der Waals surface area contributed by atoms with Crippen LogP contribution in [0.15, 0.2) is 15.0 Å². The van der Waals surface area contributed by atoms with Gasteiger partial charge in [0.2, 0.25) is 0 Å². The maximum Gasteiger partial charge on any atom is 0.265 e. The summed E-state index contributed by atoms with van der Waals surface area (Å²) in [5.74, 6) is -0.504. The number of hydrogen-bond acceptors (Lipinski definition) is 4. The first-order valence-electron chi connectivity index (χ1n) is 4.13. The maximum atomic E-state index is 10.6. The van der Waals surface area contributed by atoms with Gasteiger partial charge in [-0.05, 0) is 49.9 Å². The van der Waals surface area contributed by atoms with Gasteiger partial charge in [-0.25, -0.2) is 0 Å². The van der Waals surface area contributed by atoms with Gasteiger partial charge < -0.3 is 10.8 Å². The van der Waals surface area contributed by atoms with E-state index in [9.17, 15) is 13.5 Å². The summed E-state index contributed by atoms with van der Waals surface area (Å²) in [4.78, 5) is 0. The molecule has 1 aromatic carbocycles. The lowest BCUT2D eigenvalue weighted by Gasteiger charge is -2.10. The van der Waals surface area contributed by atoms with Gasteiger partial charge in [0, 0.05) is 5.69 Å². The average molecular weight is 375 g/mol. The number of phenolic OH excluding ortho intramolecular Hbond substituents is 1. The molecule has 0 radical (unpaired) electrons. The summed E-state index contributed by atoms with van der Waals surface area (Å²) in [6, 6.07) is 1.47. The molecule has 1 aromatic rings. The molecule has 0 aliphatic heterocycles. The van der Waals surface area contributed by atoms with Crippen LogP contribution in [0, 0.1) is 0 Å². The Morgan fingerprint density at radius 1 is 1.38 bits per heavy atom. The second-order valence-electron chi connectivity index (χ2n) is 3.12. The summed E-state index contributed by atoms with van der Waals surface area (Å²) in [7, 11) is -4.05. The Bertz CT molecular complexity index is 515. The van der Waals surface area contributed by atoms with Crippen molar-refractivity contribution in [2.45, 2.75) is 6.42 Å². The van der Waals surface area contributed by atoms with Crippen molar-refractivity contribution in [1.29, 1.82) is 0 Å². The van der Waals surface area contributed by atoms with Crippen LogP contribution in [0.2, 0.25) is 0 Å². The van der Waals surface area contributed by atoms with Gasteiger partial charge >= 0.3 is 0 Å². The molecule has 8 heteroatoms. The van der Waals surface area contributed by atoms with Gasteiger partial charge in [0.05, 0.1) is 14.7 Å². The molecule has 4 N–H and O–H groups in total. The van der Waals surface area contributed by atoms with E-state index in [-0.39, 0.29) is 12.2 Å². The average Bonchev–Trinajstić information content (AvgIpc) is 2.12. The zero-order valence-electron chi connectivity index (χ0n) is 7.94. The van der Waals surface area contributed by atoms with Crippen LogP contribution in [-0.2, 0) is 16.5 Å². The molecule has 5 nitrogen and oxygen atoms in total. The number of hydrogen-bond donors (Lipinski definition) is 3. The standard InChI is InChI=1S/C8H9Br2NO4S/c9-5-3-6(11)4(7(10)8(5)12)1-2-16(13,14)15/h3,12H,1-2,11H2,(H,13,14,15). The van der Waals surface area contributed by atoms with Gasteiger partial charge in [-0.1, -0.05) is 0 Å². The van der Waals surface area contributed by atoms with E-state index in [1.54, 1.807) is 0 Å². The molecular weight excluding hydrogens is 366 g/mol. The highest BCUT2D eigenvalue weighted by atomic mass is 79.9. The van der Waals surface area contributed by atoms with E-state index in [4.69, 9.17) is 10.3 Å². The highest BCUT2D eigenvalue weighted by Gasteiger charge is 2.15.